The van der Waals surface area contributed by atoms with Gasteiger partial charge in [-0.1, -0.05) is 30.3 Å². The Bertz CT molecular complexity index is 486. The van der Waals surface area contributed by atoms with Gasteiger partial charge >= 0.3 is 6.03 Å². The zero-order valence-electron chi connectivity index (χ0n) is 13.5. The van der Waals surface area contributed by atoms with Crippen molar-refractivity contribution in [3.05, 3.63) is 35.9 Å². The van der Waals surface area contributed by atoms with E-state index in [4.69, 9.17) is 0 Å². The molecule has 0 aromatic heterocycles. The van der Waals surface area contributed by atoms with E-state index in [1.165, 1.54) is 24.8 Å². The zero-order valence-corrected chi connectivity index (χ0v) is 13.5. The molecule has 1 N–H and O–H groups in total. The van der Waals surface area contributed by atoms with Crippen LogP contribution in [-0.2, 0) is 6.54 Å². The van der Waals surface area contributed by atoms with Gasteiger partial charge in [0.05, 0.1) is 0 Å². The zero-order chi connectivity index (χ0) is 15.4. The number of hydrogen-bond donors (Lipinski definition) is 1. The van der Waals surface area contributed by atoms with E-state index in [0.29, 0.717) is 5.92 Å². The van der Waals surface area contributed by atoms with Crippen LogP contribution in [0.3, 0.4) is 0 Å². The van der Waals surface area contributed by atoms with E-state index in [1.807, 2.05) is 11.9 Å². The summed E-state index contributed by atoms with van der Waals surface area (Å²) in [5, 5.41) is 3.04. The SMILES string of the molecule is CN(C[C@@H]1CCN(Cc2ccccc2)C1)C(=O)NCC1CC1. The summed E-state index contributed by atoms with van der Waals surface area (Å²) in [4.78, 5) is 16.4. The molecule has 1 aromatic carbocycles. The quantitative estimate of drug-likeness (QED) is 0.876. The van der Waals surface area contributed by atoms with Crippen LogP contribution in [0.15, 0.2) is 30.3 Å². The third-order valence-corrected chi connectivity index (χ3v) is 4.74. The standard InChI is InChI=1S/C18H27N3O/c1-20(18(22)19-11-15-7-8-15)12-17-9-10-21(14-17)13-16-5-3-2-4-6-16/h2-6,15,17H,7-14H2,1H3,(H,19,22)/t17-/m0/s1. The first kappa shape index (κ1) is 15.3. The molecule has 0 unspecified atom stereocenters. The third-order valence-electron chi connectivity index (χ3n) is 4.74. The third kappa shape index (κ3) is 4.47. The molecule has 1 heterocycles. The smallest absolute Gasteiger partial charge is 0.317 e. The monoisotopic (exact) mass is 301 g/mol. The van der Waals surface area contributed by atoms with E-state index in [0.717, 1.165) is 38.6 Å². The average molecular weight is 301 g/mol. The number of nitrogens with zero attached hydrogens (tertiary/aromatic N) is 2. The number of urea groups is 1. The van der Waals surface area contributed by atoms with E-state index in [-0.39, 0.29) is 6.03 Å². The number of likely N-dealkylation sites (tertiary alicyclic amines) is 1. The van der Waals surface area contributed by atoms with E-state index in [2.05, 4.69) is 40.5 Å². The molecule has 120 valence electrons. The van der Waals surface area contributed by atoms with E-state index in [9.17, 15) is 4.79 Å². The number of carbonyl (C=O) groups excluding carboxylic acids is 1. The summed E-state index contributed by atoms with van der Waals surface area (Å²) in [7, 11) is 1.92. The normalized spacial score (nSPS) is 21.8. The Balaban J connectivity index is 1.39. The second-order valence-corrected chi connectivity index (χ2v) is 6.89. The first-order chi connectivity index (χ1) is 10.7. The molecule has 22 heavy (non-hydrogen) atoms. The van der Waals surface area contributed by atoms with Crippen molar-refractivity contribution in [1.29, 1.82) is 0 Å². The lowest BCUT2D eigenvalue weighted by molar-refractivity contribution is 0.199. The summed E-state index contributed by atoms with van der Waals surface area (Å²) < 4.78 is 0. The molecule has 1 saturated heterocycles. The number of nitrogens with one attached hydrogen (secondary N) is 1. The van der Waals surface area contributed by atoms with Crippen LogP contribution in [0.1, 0.15) is 24.8 Å². The molecule has 0 spiro atoms. The number of hydrogen-bond acceptors (Lipinski definition) is 2. The Morgan fingerprint density at radius 3 is 2.73 bits per heavy atom. The minimum Gasteiger partial charge on any atom is -0.338 e. The van der Waals surface area contributed by atoms with Crippen molar-refractivity contribution in [3.8, 4) is 0 Å². The molecule has 1 aliphatic carbocycles. The lowest BCUT2D eigenvalue weighted by Gasteiger charge is -2.22. The van der Waals surface area contributed by atoms with Crippen LogP contribution in [0, 0.1) is 11.8 Å². The van der Waals surface area contributed by atoms with Crippen molar-refractivity contribution in [3.63, 3.8) is 0 Å². The minimum absolute atomic E-state index is 0.0911. The van der Waals surface area contributed by atoms with Gasteiger partial charge in [-0.25, -0.2) is 4.79 Å². The largest absolute Gasteiger partial charge is 0.338 e. The van der Waals surface area contributed by atoms with E-state index in [1.54, 1.807) is 0 Å². The van der Waals surface area contributed by atoms with Crippen molar-refractivity contribution >= 4 is 6.03 Å². The Morgan fingerprint density at radius 1 is 1.23 bits per heavy atom. The Labute approximate surface area is 133 Å². The van der Waals surface area contributed by atoms with Gasteiger partial charge in [-0.15, -0.1) is 0 Å². The summed E-state index contributed by atoms with van der Waals surface area (Å²) >= 11 is 0. The Kier molecular flexibility index (Phi) is 4.98. The summed E-state index contributed by atoms with van der Waals surface area (Å²) in [6, 6.07) is 10.7. The lowest BCUT2D eigenvalue weighted by Crippen LogP contribution is -2.41. The van der Waals surface area contributed by atoms with Crippen molar-refractivity contribution in [2.45, 2.75) is 25.8 Å². The highest BCUT2D eigenvalue weighted by atomic mass is 16.2. The van der Waals surface area contributed by atoms with Crippen LogP contribution in [0.2, 0.25) is 0 Å². The molecule has 2 fully saturated rings. The molecular weight excluding hydrogens is 274 g/mol. The van der Waals surface area contributed by atoms with Gasteiger partial charge in [0.15, 0.2) is 0 Å². The number of carbonyl (C=O) groups is 1. The Morgan fingerprint density at radius 2 is 2.00 bits per heavy atom. The van der Waals surface area contributed by atoms with Gasteiger partial charge in [0.2, 0.25) is 0 Å². The molecule has 1 atom stereocenters. The summed E-state index contributed by atoms with van der Waals surface area (Å²) in [5.41, 5.74) is 1.37. The maximum absolute atomic E-state index is 12.0. The van der Waals surface area contributed by atoms with Crippen LogP contribution >= 0.6 is 0 Å². The highest BCUT2D eigenvalue weighted by molar-refractivity contribution is 5.73. The van der Waals surface area contributed by atoms with Crippen LogP contribution in [0.5, 0.6) is 0 Å². The molecule has 3 rings (SSSR count). The second-order valence-electron chi connectivity index (χ2n) is 6.89. The maximum Gasteiger partial charge on any atom is 0.317 e. The topological polar surface area (TPSA) is 35.6 Å². The minimum atomic E-state index is 0.0911. The molecule has 4 nitrogen and oxygen atoms in total. The molecule has 0 radical (unpaired) electrons. The molecule has 2 amide bonds. The molecule has 1 aliphatic heterocycles. The fourth-order valence-electron chi connectivity index (χ4n) is 3.21. The van der Waals surface area contributed by atoms with Crippen molar-refractivity contribution in [2.75, 3.05) is 33.2 Å². The molecule has 1 saturated carbocycles. The summed E-state index contributed by atoms with van der Waals surface area (Å²) in [5.74, 6) is 1.34. The predicted octanol–water partition coefficient (Wildman–Crippen LogP) is 2.56. The number of benzene rings is 1. The van der Waals surface area contributed by atoms with Crippen LogP contribution < -0.4 is 5.32 Å². The highest BCUT2D eigenvalue weighted by Gasteiger charge is 2.26. The Hall–Kier alpha value is -1.55. The molecular formula is C18H27N3O. The van der Waals surface area contributed by atoms with Crippen molar-refractivity contribution in [1.82, 2.24) is 15.1 Å². The molecule has 2 aliphatic rings. The second kappa shape index (κ2) is 7.14. The van der Waals surface area contributed by atoms with Gasteiger partial charge in [0, 0.05) is 33.2 Å². The maximum atomic E-state index is 12.0. The van der Waals surface area contributed by atoms with Gasteiger partial charge in [-0.05, 0) is 43.2 Å². The predicted molar refractivity (Wildman–Crippen MR) is 88.6 cm³/mol. The number of amides is 2. The number of rotatable bonds is 6. The van der Waals surface area contributed by atoms with Gasteiger partial charge in [0.1, 0.15) is 0 Å². The molecule has 1 aromatic rings. The molecule has 4 heteroatoms. The first-order valence-electron chi connectivity index (χ1n) is 8.46. The van der Waals surface area contributed by atoms with Crippen molar-refractivity contribution in [2.24, 2.45) is 11.8 Å². The average Bonchev–Trinajstić information content (AvgIpc) is 3.26. The van der Waals surface area contributed by atoms with Crippen molar-refractivity contribution < 1.29 is 4.79 Å². The lowest BCUT2D eigenvalue weighted by atomic mass is 10.1. The van der Waals surface area contributed by atoms with E-state index < -0.39 is 0 Å². The fraction of sp³-hybridized carbons (Fsp3) is 0.611. The van der Waals surface area contributed by atoms with Crippen LogP contribution in [0.4, 0.5) is 4.79 Å². The van der Waals surface area contributed by atoms with Gasteiger partial charge in [0.25, 0.3) is 0 Å². The summed E-state index contributed by atoms with van der Waals surface area (Å²) in [6.45, 7) is 4.97. The van der Waals surface area contributed by atoms with Crippen LogP contribution in [-0.4, -0.2) is 49.1 Å². The van der Waals surface area contributed by atoms with E-state index >= 15 is 0 Å². The van der Waals surface area contributed by atoms with Gasteiger partial charge in [-0.3, -0.25) is 4.90 Å². The summed E-state index contributed by atoms with van der Waals surface area (Å²) in [6.07, 6.45) is 3.75. The highest BCUT2D eigenvalue weighted by Crippen LogP contribution is 2.27. The van der Waals surface area contributed by atoms with Gasteiger partial charge < -0.3 is 10.2 Å². The van der Waals surface area contributed by atoms with Crippen LogP contribution in [0.25, 0.3) is 0 Å². The fourth-order valence-corrected chi connectivity index (χ4v) is 3.21. The first-order valence-corrected chi connectivity index (χ1v) is 8.46. The molecule has 0 bridgehead atoms. The van der Waals surface area contributed by atoms with Gasteiger partial charge in [-0.2, -0.15) is 0 Å².